The fourth-order valence-corrected chi connectivity index (χ4v) is 2.89. The van der Waals surface area contributed by atoms with Crippen molar-refractivity contribution in [3.63, 3.8) is 0 Å². The summed E-state index contributed by atoms with van der Waals surface area (Å²) in [4.78, 5) is 0. The van der Waals surface area contributed by atoms with E-state index in [1.54, 1.807) is 0 Å². The van der Waals surface area contributed by atoms with E-state index in [1.165, 1.54) is 31.2 Å². The molecule has 0 aliphatic heterocycles. The first kappa shape index (κ1) is 11.9. The summed E-state index contributed by atoms with van der Waals surface area (Å²) in [5.74, 6) is 0.656. The predicted molar refractivity (Wildman–Crippen MR) is 70.1 cm³/mol. The minimum absolute atomic E-state index is 0.656. The molecule has 1 nitrogen and oxygen atoms in total. The fraction of sp³-hybridized carbons (Fsp3) is 0.571. The third kappa shape index (κ3) is 2.78. The van der Waals surface area contributed by atoms with Crippen molar-refractivity contribution in [2.75, 3.05) is 6.54 Å². The van der Waals surface area contributed by atoms with E-state index in [4.69, 9.17) is 11.6 Å². The maximum atomic E-state index is 6.24. The molecule has 0 bridgehead atoms. The molecular weight excluding hydrogens is 218 g/mol. The largest absolute Gasteiger partial charge is 0.314 e. The molecule has 1 aliphatic rings. The molecule has 1 fully saturated rings. The Balaban J connectivity index is 1.96. The summed E-state index contributed by atoms with van der Waals surface area (Å²) in [6, 6.07) is 8.97. The maximum absolute atomic E-state index is 6.24. The maximum Gasteiger partial charge on any atom is 0.0440 e. The van der Waals surface area contributed by atoms with E-state index in [1.807, 2.05) is 12.1 Å². The van der Waals surface area contributed by atoms with Crippen molar-refractivity contribution in [1.82, 2.24) is 5.32 Å². The van der Waals surface area contributed by atoms with Gasteiger partial charge < -0.3 is 5.32 Å². The Labute approximate surface area is 103 Å². The number of halogens is 1. The van der Waals surface area contributed by atoms with Crippen LogP contribution < -0.4 is 5.32 Å². The monoisotopic (exact) mass is 237 g/mol. The third-order valence-electron chi connectivity index (χ3n) is 3.46. The average molecular weight is 238 g/mol. The average Bonchev–Trinajstić information content (AvgIpc) is 2.75. The summed E-state index contributed by atoms with van der Waals surface area (Å²) in [6.07, 6.45) is 5.01. The smallest absolute Gasteiger partial charge is 0.0440 e. The third-order valence-corrected chi connectivity index (χ3v) is 3.80. The first-order valence-electron chi connectivity index (χ1n) is 6.29. The highest BCUT2D eigenvalue weighted by Gasteiger charge is 2.26. The lowest BCUT2D eigenvalue weighted by Crippen LogP contribution is -2.26. The molecule has 0 saturated heterocycles. The summed E-state index contributed by atoms with van der Waals surface area (Å²) in [6.45, 7) is 3.35. The molecule has 1 aliphatic carbocycles. The van der Waals surface area contributed by atoms with E-state index in [9.17, 15) is 0 Å². The molecule has 1 N–H and O–H groups in total. The Bertz CT molecular complexity index is 337. The molecule has 0 aromatic heterocycles. The molecule has 2 rings (SSSR count). The van der Waals surface area contributed by atoms with Crippen LogP contribution in [0.5, 0.6) is 0 Å². The van der Waals surface area contributed by atoms with E-state index < -0.39 is 0 Å². The molecule has 16 heavy (non-hydrogen) atoms. The van der Waals surface area contributed by atoms with E-state index >= 15 is 0 Å². The van der Waals surface area contributed by atoms with Crippen LogP contribution in [0.25, 0.3) is 0 Å². The van der Waals surface area contributed by atoms with Gasteiger partial charge in [-0.05, 0) is 49.8 Å². The van der Waals surface area contributed by atoms with Gasteiger partial charge in [0.25, 0.3) is 0 Å². The van der Waals surface area contributed by atoms with Crippen LogP contribution in [0.2, 0.25) is 5.02 Å². The summed E-state index contributed by atoms with van der Waals surface area (Å²) < 4.78 is 0. The minimum atomic E-state index is 0.656. The fourth-order valence-electron chi connectivity index (χ4n) is 2.60. The molecule has 2 heteroatoms. The first-order chi connectivity index (χ1) is 7.81. The van der Waals surface area contributed by atoms with Gasteiger partial charge in [-0.3, -0.25) is 0 Å². The molecule has 0 amide bonds. The lowest BCUT2D eigenvalue weighted by molar-refractivity contribution is 0.517. The van der Waals surface area contributed by atoms with Crippen LogP contribution in [0.15, 0.2) is 24.3 Å². The van der Waals surface area contributed by atoms with E-state index in [2.05, 4.69) is 24.4 Å². The van der Waals surface area contributed by atoms with Crippen LogP contribution in [0, 0.1) is 0 Å². The first-order valence-corrected chi connectivity index (χ1v) is 6.67. The lowest BCUT2D eigenvalue weighted by Gasteiger charge is -2.14. The van der Waals surface area contributed by atoms with Gasteiger partial charge in [-0.25, -0.2) is 0 Å². The lowest BCUT2D eigenvalue weighted by atomic mass is 9.97. The van der Waals surface area contributed by atoms with Gasteiger partial charge in [0.1, 0.15) is 0 Å². The highest BCUT2D eigenvalue weighted by molar-refractivity contribution is 6.31. The van der Waals surface area contributed by atoms with Crippen LogP contribution in [-0.2, 0) is 0 Å². The quantitative estimate of drug-likeness (QED) is 0.836. The molecule has 0 radical (unpaired) electrons. The van der Waals surface area contributed by atoms with Crippen molar-refractivity contribution in [2.45, 2.75) is 44.6 Å². The number of benzene rings is 1. The highest BCUT2D eigenvalue weighted by atomic mass is 35.5. The summed E-state index contributed by atoms with van der Waals surface area (Å²) in [7, 11) is 0. The van der Waals surface area contributed by atoms with Crippen LogP contribution in [-0.4, -0.2) is 12.6 Å². The second-order valence-corrected chi connectivity index (χ2v) is 5.09. The zero-order valence-corrected chi connectivity index (χ0v) is 10.6. The molecular formula is C14H20ClN. The van der Waals surface area contributed by atoms with Crippen LogP contribution in [0.1, 0.15) is 44.1 Å². The number of hydrogen-bond donors (Lipinski definition) is 1. The second kappa shape index (κ2) is 5.70. The zero-order chi connectivity index (χ0) is 11.4. The normalized spacial score (nSPS) is 24.9. The second-order valence-electron chi connectivity index (χ2n) is 4.68. The highest BCUT2D eigenvalue weighted by Crippen LogP contribution is 2.37. The number of nitrogens with one attached hydrogen (secondary N) is 1. The Morgan fingerprint density at radius 1 is 1.31 bits per heavy atom. The number of rotatable bonds is 4. The van der Waals surface area contributed by atoms with Gasteiger partial charge in [-0.15, -0.1) is 0 Å². The van der Waals surface area contributed by atoms with E-state index in [0.29, 0.717) is 12.0 Å². The van der Waals surface area contributed by atoms with Gasteiger partial charge in [0.2, 0.25) is 0 Å². The van der Waals surface area contributed by atoms with Crippen molar-refractivity contribution in [3.05, 3.63) is 34.9 Å². The van der Waals surface area contributed by atoms with Crippen molar-refractivity contribution in [2.24, 2.45) is 0 Å². The minimum Gasteiger partial charge on any atom is -0.314 e. The van der Waals surface area contributed by atoms with E-state index in [0.717, 1.165) is 11.6 Å². The zero-order valence-electron chi connectivity index (χ0n) is 9.88. The van der Waals surface area contributed by atoms with Gasteiger partial charge in [0.05, 0.1) is 0 Å². The van der Waals surface area contributed by atoms with E-state index in [-0.39, 0.29) is 0 Å². The van der Waals surface area contributed by atoms with Crippen LogP contribution in [0.3, 0.4) is 0 Å². The molecule has 2 atom stereocenters. The summed E-state index contributed by atoms with van der Waals surface area (Å²) in [5.41, 5.74) is 1.34. The Hall–Kier alpha value is -0.530. The Morgan fingerprint density at radius 3 is 2.88 bits per heavy atom. The van der Waals surface area contributed by atoms with Gasteiger partial charge in [-0.2, -0.15) is 0 Å². The summed E-state index contributed by atoms with van der Waals surface area (Å²) in [5, 5.41) is 4.54. The van der Waals surface area contributed by atoms with Crippen molar-refractivity contribution in [1.29, 1.82) is 0 Å². The van der Waals surface area contributed by atoms with Gasteiger partial charge >= 0.3 is 0 Å². The molecule has 1 aromatic rings. The van der Waals surface area contributed by atoms with Crippen LogP contribution >= 0.6 is 11.6 Å². The topological polar surface area (TPSA) is 12.0 Å². The van der Waals surface area contributed by atoms with Crippen LogP contribution in [0.4, 0.5) is 0 Å². The summed E-state index contributed by atoms with van der Waals surface area (Å²) >= 11 is 6.24. The molecule has 0 spiro atoms. The molecule has 1 aromatic carbocycles. The van der Waals surface area contributed by atoms with Crippen molar-refractivity contribution < 1.29 is 0 Å². The molecule has 88 valence electrons. The Kier molecular flexibility index (Phi) is 4.25. The number of hydrogen-bond acceptors (Lipinski definition) is 1. The molecule has 2 unspecified atom stereocenters. The predicted octanol–water partition coefficient (Wildman–Crippen LogP) is 3.98. The van der Waals surface area contributed by atoms with Crippen molar-refractivity contribution >= 4 is 11.6 Å². The standard InChI is InChI=1S/C14H20ClN/c1-2-9-16-12-8-7-11(10-12)13-5-3-4-6-14(13)15/h3-6,11-12,16H,2,7-10H2,1H3. The van der Waals surface area contributed by atoms with Gasteiger partial charge in [0.15, 0.2) is 0 Å². The molecule has 1 saturated carbocycles. The molecule has 0 heterocycles. The van der Waals surface area contributed by atoms with Crippen molar-refractivity contribution in [3.8, 4) is 0 Å². The Morgan fingerprint density at radius 2 is 2.12 bits per heavy atom. The van der Waals surface area contributed by atoms with Gasteiger partial charge in [0, 0.05) is 11.1 Å². The van der Waals surface area contributed by atoms with Gasteiger partial charge in [-0.1, -0.05) is 36.7 Å². The SMILES string of the molecule is CCCNC1CCC(c2ccccc2Cl)C1.